The maximum Gasteiger partial charge on any atom is 0.236 e. The second-order valence-electron chi connectivity index (χ2n) is 6.31. The van der Waals surface area contributed by atoms with E-state index in [1.807, 2.05) is 0 Å². The van der Waals surface area contributed by atoms with Crippen molar-refractivity contribution >= 4 is 53.0 Å². The number of hydrogen-bond donors (Lipinski definition) is 0. The fourth-order valence-electron chi connectivity index (χ4n) is 2.89. The lowest BCUT2D eigenvalue weighted by molar-refractivity contribution is 0.103. The van der Waals surface area contributed by atoms with Crippen LogP contribution in [0, 0.1) is 0 Å². The van der Waals surface area contributed by atoms with E-state index in [0.29, 0.717) is 6.42 Å². The Morgan fingerprint density at radius 3 is 1.83 bits per heavy atom. The summed E-state index contributed by atoms with van der Waals surface area (Å²) in [7, 11) is -1.50. The van der Waals surface area contributed by atoms with Crippen LogP contribution in [-0.2, 0) is 4.57 Å². The summed E-state index contributed by atoms with van der Waals surface area (Å²) in [4.78, 5) is 27.0. The number of carbonyl (C=O) groups is 2. The molecular weight excluding hydrogens is 458 g/mol. The van der Waals surface area contributed by atoms with Gasteiger partial charge < -0.3 is 14.0 Å². The van der Waals surface area contributed by atoms with E-state index in [1.54, 1.807) is 19.9 Å². The predicted molar refractivity (Wildman–Crippen MR) is 117 cm³/mol. The molecule has 0 aromatic heterocycles. The minimum Gasteiger partial charge on any atom is -0.496 e. The highest BCUT2D eigenvalue weighted by molar-refractivity contribution is 7.96. The van der Waals surface area contributed by atoms with E-state index in [1.165, 1.54) is 38.5 Å². The first-order valence-electron chi connectivity index (χ1n) is 8.68. The van der Waals surface area contributed by atoms with E-state index >= 15 is 0 Å². The predicted octanol–water partition coefficient (Wildman–Crippen LogP) is 6.81. The number of benzene rings is 2. The zero-order chi connectivity index (χ0) is 21.9. The number of rotatable bonds is 8. The van der Waals surface area contributed by atoms with Crippen LogP contribution in [0.5, 0.6) is 11.5 Å². The standard InChI is InChI=1S/C20H20Cl3O5P/c1-5-11(2)29(26,19(24)17-13(22)9-12(21)10-14(17)23)20(25)18-15(27-3)7-6-8-16(18)28-4/h6-11H,5H2,1-4H3. The molecule has 156 valence electrons. The summed E-state index contributed by atoms with van der Waals surface area (Å²) in [6.07, 6.45) is 0.315. The van der Waals surface area contributed by atoms with Gasteiger partial charge in [0.05, 0.1) is 29.8 Å². The third-order valence-electron chi connectivity index (χ3n) is 4.68. The van der Waals surface area contributed by atoms with Crippen molar-refractivity contribution in [1.29, 1.82) is 0 Å². The molecule has 2 aromatic rings. The van der Waals surface area contributed by atoms with Crippen molar-refractivity contribution in [2.24, 2.45) is 0 Å². The second-order valence-corrected chi connectivity index (χ2v) is 10.6. The van der Waals surface area contributed by atoms with Gasteiger partial charge in [-0.3, -0.25) is 9.59 Å². The molecule has 0 saturated carbocycles. The summed E-state index contributed by atoms with van der Waals surface area (Å²) in [5.41, 5.74) is -2.80. The highest BCUT2D eigenvalue weighted by Crippen LogP contribution is 2.60. The molecule has 29 heavy (non-hydrogen) atoms. The van der Waals surface area contributed by atoms with Crippen LogP contribution in [-0.4, -0.2) is 30.9 Å². The molecule has 5 nitrogen and oxygen atoms in total. The fourth-order valence-corrected chi connectivity index (χ4v) is 6.64. The van der Waals surface area contributed by atoms with Gasteiger partial charge in [0.15, 0.2) is 0 Å². The van der Waals surface area contributed by atoms with Crippen LogP contribution in [0.4, 0.5) is 0 Å². The SMILES string of the molecule is CCC(C)P(=O)(C(=O)c1c(Cl)cc(Cl)cc1Cl)C(=O)c1c(OC)cccc1OC. The van der Waals surface area contributed by atoms with E-state index in [2.05, 4.69) is 0 Å². The third-order valence-corrected chi connectivity index (χ3v) is 8.75. The second kappa shape index (κ2) is 9.53. The molecule has 0 spiro atoms. The Balaban J connectivity index is 2.77. The molecule has 2 unspecified atom stereocenters. The summed E-state index contributed by atoms with van der Waals surface area (Å²) in [5, 5.41) is 0.0688. The van der Waals surface area contributed by atoms with Crippen molar-refractivity contribution in [2.75, 3.05) is 14.2 Å². The normalized spacial score (nSPS) is 14.0. The average molecular weight is 478 g/mol. The molecule has 0 heterocycles. The maximum absolute atomic E-state index is 14.1. The van der Waals surface area contributed by atoms with Crippen molar-refractivity contribution in [1.82, 2.24) is 0 Å². The van der Waals surface area contributed by atoms with Crippen LogP contribution >= 0.6 is 41.9 Å². The zero-order valence-corrected chi connectivity index (χ0v) is 19.5. The van der Waals surface area contributed by atoms with Gasteiger partial charge in [-0.25, -0.2) is 0 Å². The molecule has 2 atom stereocenters. The minimum atomic E-state index is -4.24. The molecule has 2 rings (SSSR count). The van der Waals surface area contributed by atoms with E-state index in [9.17, 15) is 14.2 Å². The van der Waals surface area contributed by atoms with Gasteiger partial charge in [-0.15, -0.1) is 0 Å². The molecule has 0 radical (unpaired) electrons. The smallest absolute Gasteiger partial charge is 0.236 e. The Morgan fingerprint density at radius 2 is 1.41 bits per heavy atom. The topological polar surface area (TPSA) is 69.7 Å². The van der Waals surface area contributed by atoms with E-state index in [-0.39, 0.29) is 37.7 Å². The molecule has 0 fully saturated rings. The molecule has 0 aliphatic heterocycles. The molecular formula is C20H20Cl3O5P. The Labute approximate surface area is 184 Å². The third kappa shape index (κ3) is 4.34. The van der Waals surface area contributed by atoms with Gasteiger partial charge in [-0.1, -0.05) is 54.7 Å². The van der Waals surface area contributed by atoms with Crippen molar-refractivity contribution in [3.63, 3.8) is 0 Å². The maximum atomic E-state index is 14.1. The van der Waals surface area contributed by atoms with Crippen molar-refractivity contribution in [3.8, 4) is 11.5 Å². The van der Waals surface area contributed by atoms with E-state index < -0.39 is 23.8 Å². The molecule has 0 aliphatic carbocycles. The largest absolute Gasteiger partial charge is 0.496 e. The summed E-state index contributed by atoms with van der Waals surface area (Å²) in [5.74, 6) is 0.304. The van der Waals surface area contributed by atoms with Gasteiger partial charge in [-0.05, 0) is 30.7 Å². The lowest BCUT2D eigenvalue weighted by Crippen LogP contribution is -2.21. The first-order valence-corrected chi connectivity index (χ1v) is 11.6. The molecule has 0 bridgehead atoms. The van der Waals surface area contributed by atoms with Crippen LogP contribution < -0.4 is 9.47 Å². The Bertz CT molecular complexity index is 960. The first-order chi connectivity index (χ1) is 13.6. The number of hydrogen-bond acceptors (Lipinski definition) is 5. The molecule has 0 amide bonds. The summed E-state index contributed by atoms with van der Waals surface area (Å²) in [6, 6.07) is 7.32. The lowest BCUT2D eigenvalue weighted by atomic mass is 10.2. The van der Waals surface area contributed by atoms with Crippen molar-refractivity contribution in [3.05, 3.63) is 56.5 Å². The Morgan fingerprint density at radius 1 is 0.966 bits per heavy atom. The van der Waals surface area contributed by atoms with E-state index in [4.69, 9.17) is 44.3 Å². The van der Waals surface area contributed by atoms with Crippen LogP contribution in [0.15, 0.2) is 30.3 Å². The number of methoxy groups -OCH3 is 2. The van der Waals surface area contributed by atoms with Gasteiger partial charge in [0.1, 0.15) is 17.1 Å². The van der Waals surface area contributed by atoms with Gasteiger partial charge in [0.25, 0.3) is 0 Å². The lowest BCUT2D eigenvalue weighted by Gasteiger charge is -2.24. The monoisotopic (exact) mass is 476 g/mol. The summed E-state index contributed by atoms with van der Waals surface area (Å²) < 4.78 is 24.6. The quantitative estimate of drug-likeness (QED) is 0.391. The molecule has 0 saturated heterocycles. The first kappa shape index (κ1) is 23.8. The van der Waals surface area contributed by atoms with E-state index in [0.717, 1.165) is 0 Å². The van der Waals surface area contributed by atoms with Crippen LogP contribution in [0.3, 0.4) is 0 Å². The molecule has 0 aliphatic rings. The summed E-state index contributed by atoms with van der Waals surface area (Å²) in [6.45, 7) is 3.32. The molecule has 9 heteroatoms. The minimum absolute atomic E-state index is 0.0595. The van der Waals surface area contributed by atoms with Crippen LogP contribution in [0.2, 0.25) is 15.1 Å². The van der Waals surface area contributed by atoms with Crippen molar-refractivity contribution in [2.45, 2.75) is 25.9 Å². The number of ether oxygens (including phenoxy) is 2. The van der Waals surface area contributed by atoms with Crippen LogP contribution in [0.1, 0.15) is 41.0 Å². The highest BCUT2D eigenvalue weighted by atomic mass is 35.5. The summed E-state index contributed by atoms with van der Waals surface area (Å²) >= 11 is 18.3. The Kier molecular flexibility index (Phi) is 7.80. The van der Waals surface area contributed by atoms with Crippen molar-refractivity contribution < 1.29 is 23.6 Å². The Hall–Kier alpha value is -1.52. The molecule has 2 aromatic carbocycles. The van der Waals surface area contributed by atoms with Gasteiger partial charge in [0, 0.05) is 10.7 Å². The van der Waals surface area contributed by atoms with Crippen LogP contribution in [0.25, 0.3) is 0 Å². The average Bonchev–Trinajstić information content (AvgIpc) is 2.70. The van der Waals surface area contributed by atoms with Gasteiger partial charge in [-0.2, -0.15) is 0 Å². The fraction of sp³-hybridized carbons (Fsp3) is 0.300. The molecule has 0 N–H and O–H groups in total. The number of carbonyl (C=O) groups excluding carboxylic acids is 2. The highest BCUT2D eigenvalue weighted by Gasteiger charge is 2.48. The zero-order valence-electron chi connectivity index (χ0n) is 16.3. The van der Waals surface area contributed by atoms with Gasteiger partial charge >= 0.3 is 0 Å². The number of halogens is 3. The van der Waals surface area contributed by atoms with Gasteiger partial charge in [0.2, 0.25) is 18.2 Å².